The summed E-state index contributed by atoms with van der Waals surface area (Å²) in [6.07, 6.45) is 0.129. The summed E-state index contributed by atoms with van der Waals surface area (Å²) in [4.78, 5) is 0. The van der Waals surface area contributed by atoms with E-state index in [-0.39, 0.29) is 6.42 Å². The zero-order valence-electron chi connectivity index (χ0n) is 8.72. The predicted molar refractivity (Wildman–Crippen MR) is 51.5 cm³/mol. The van der Waals surface area contributed by atoms with Gasteiger partial charge < -0.3 is 0 Å². The van der Waals surface area contributed by atoms with Gasteiger partial charge in [0.2, 0.25) is 5.82 Å². The van der Waals surface area contributed by atoms with Gasteiger partial charge in [0.05, 0.1) is 0 Å². The second-order valence-electron chi connectivity index (χ2n) is 2.80. The summed E-state index contributed by atoms with van der Waals surface area (Å²) >= 11 is 0. The largest absolute Gasteiger partial charge is 0.203 e. The molecule has 0 amide bonds. The molecule has 0 radical (unpaired) electrons. The lowest BCUT2D eigenvalue weighted by molar-refractivity contribution is 0.369. The molecule has 1 aromatic rings. The lowest BCUT2D eigenvalue weighted by Crippen LogP contribution is -2.06. The highest BCUT2D eigenvalue weighted by atomic mass is 19.2. The molecule has 0 saturated heterocycles. The molecule has 16 heavy (non-hydrogen) atoms. The van der Waals surface area contributed by atoms with Gasteiger partial charge in [-0.1, -0.05) is 13.3 Å². The van der Waals surface area contributed by atoms with Gasteiger partial charge >= 0.3 is 0 Å². The summed E-state index contributed by atoms with van der Waals surface area (Å²) < 4.78 is 63.4. The minimum atomic E-state index is -2.11. The Labute approximate surface area is 90.4 Å². The Kier molecular flexibility index (Phi) is 5.71. The number of hydrogen-bond acceptors (Lipinski definition) is 0. The van der Waals surface area contributed by atoms with Crippen LogP contribution in [0.25, 0.3) is 0 Å². The molecule has 0 atom stereocenters. The fourth-order valence-electron chi connectivity index (χ4n) is 1.12. The van der Waals surface area contributed by atoms with E-state index in [0.717, 1.165) is 0 Å². The third-order valence-electron chi connectivity index (χ3n) is 1.80. The molecule has 0 N–H and O–H groups in total. The summed E-state index contributed by atoms with van der Waals surface area (Å²) in [5, 5.41) is 0. The first-order valence-corrected chi connectivity index (χ1v) is 4.51. The van der Waals surface area contributed by atoms with E-state index in [0.29, 0.717) is 6.42 Å². The van der Waals surface area contributed by atoms with Gasteiger partial charge in [-0.25, -0.2) is 22.0 Å². The van der Waals surface area contributed by atoms with Crippen LogP contribution in [0, 0.1) is 29.1 Å². The number of benzene rings is 1. The maximum Gasteiger partial charge on any atom is 0.200 e. The summed E-state index contributed by atoms with van der Waals surface area (Å²) in [7, 11) is 0. The van der Waals surface area contributed by atoms with Crippen LogP contribution in [-0.2, 0) is 6.42 Å². The number of hydrogen-bond donors (Lipinski definition) is 0. The second-order valence-corrected chi connectivity index (χ2v) is 2.80. The Balaban J connectivity index is 0.00000106. The van der Waals surface area contributed by atoms with Crippen molar-refractivity contribution >= 4 is 0 Å². The molecule has 0 bridgehead atoms. The molecule has 0 spiro atoms. The molecular weight excluding hydrogens is 227 g/mol. The van der Waals surface area contributed by atoms with Crippen molar-refractivity contribution in [1.82, 2.24) is 0 Å². The van der Waals surface area contributed by atoms with Crippen LogP contribution in [0.1, 0.15) is 18.9 Å². The predicted octanol–water partition coefficient (Wildman–Crippen LogP) is 4.14. The van der Waals surface area contributed by atoms with E-state index in [1.54, 1.807) is 6.92 Å². The average molecular weight is 238 g/mol. The minimum Gasteiger partial charge on any atom is -0.203 e. The van der Waals surface area contributed by atoms with Crippen LogP contribution in [0.15, 0.2) is 13.2 Å². The molecule has 1 aromatic carbocycles. The van der Waals surface area contributed by atoms with Crippen LogP contribution in [-0.4, -0.2) is 0 Å². The van der Waals surface area contributed by atoms with Gasteiger partial charge in [-0.05, 0) is 6.42 Å². The first-order chi connectivity index (χ1) is 7.50. The van der Waals surface area contributed by atoms with Crippen LogP contribution < -0.4 is 0 Å². The van der Waals surface area contributed by atoms with Crippen molar-refractivity contribution in [3.63, 3.8) is 0 Å². The molecule has 0 saturated carbocycles. The van der Waals surface area contributed by atoms with Gasteiger partial charge in [-0.3, -0.25) is 0 Å². The Bertz CT molecular complexity index is 344. The third-order valence-corrected chi connectivity index (χ3v) is 1.80. The van der Waals surface area contributed by atoms with Crippen molar-refractivity contribution < 1.29 is 22.0 Å². The van der Waals surface area contributed by atoms with Crippen molar-refractivity contribution in [3.8, 4) is 0 Å². The Morgan fingerprint density at radius 2 is 1.06 bits per heavy atom. The number of halogens is 5. The summed E-state index contributed by atoms with van der Waals surface area (Å²) in [6, 6.07) is 0. The molecule has 90 valence electrons. The summed E-state index contributed by atoms with van der Waals surface area (Å²) in [6.45, 7) is 7.58. The maximum absolute atomic E-state index is 12.9. The van der Waals surface area contributed by atoms with Gasteiger partial charge in [0, 0.05) is 5.56 Å². The molecule has 1 rings (SSSR count). The van der Waals surface area contributed by atoms with E-state index < -0.39 is 34.6 Å². The molecule has 0 heterocycles. The smallest absolute Gasteiger partial charge is 0.200 e. The highest BCUT2D eigenvalue weighted by Gasteiger charge is 2.24. The fourth-order valence-corrected chi connectivity index (χ4v) is 1.12. The minimum absolute atomic E-state index is 0.175. The topological polar surface area (TPSA) is 0 Å². The first kappa shape index (κ1) is 14.6. The van der Waals surface area contributed by atoms with Crippen molar-refractivity contribution in [3.05, 3.63) is 47.8 Å². The molecule has 0 fully saturated rings. The van der Waals surface area contributed by atoms with E-state index in [4.69, 9.17) is 0 Å². The molecule has 0 aromatic heterocycles. The monoisotopic (exact) mass is 238 g/mol. The highest BCUT2D eigenvalue weighted by molar-refractivity contribution is 5.24. The van der Waals surface area contributed by atoms with Crippen molar-refractivity contribution in [2.24, 2.45) is 0 Å². The van der Waals surface area contributed by atoms with Gasteiger partial charge in [0.1, 0.15) is 0 Å². The SMILES string of the molecule is C=C.CCCc1c(F)c(F)c(F)c(F)c1F. The Morgan fingerprint density at radius 3 is 1.38 bits per heavy atom. The number of rotatable bonds is 2. The van der Waals surface area contributed by atoms with Crippen LogP contribution >= 0.6 is 0 Å². The van der Waals surface area contributed by atoms with Gasteiger partial charge in [0.25, 0.3) is 0 Å². The molecule has 5 heteroatoms. The maximum atomic E-state index is 12.9. The van der Waals surface area contributed by atoms with Crippen molar-refractivity contribution in [2.45, 2.75) is 19.8 Å². The van der Waals surface area contributed by atoms with Gasteiger partial charge in [0.15, 0.2) is 23.3 Å². The van der Waals surface area contributed by atoms with E-state index in [1.807, 2.05) is 0 Å². The van der Waals surface area contributed by atoms with Crippen LogP contribution in [0.4, 0.5) is 22.0 Å². The molecule has 0 nitrogen and oxygen atoms in total. The van der Waals surface area contributed by atoms with Crippen LogP contribution in [0.5, 0.6) is 0 Å². The molecule has 0 aliphatic carbocycles. The molecule has 0 aliphatic heterocycles. The molecule has 0 aliphatic rings. The summed E-state index contributed by atoms with van der Waals surface area (Å²) in [5.74, 6) is -9.34. The normalized spacial score (nSPS) is 9.62. The zero-order chi connectivity index (χ0) is 12.9. The standard InChI is InChI=1S/C9H7F5.C2H4/c1-2-3-4-5(10)7(12)9(14)8(13)6(4)11;1-2/h2-3H2,1H3;1-2H2. The van der Waals surface area contributed by atoms with Crippen LogP contribution in [0.3, 0.4) is 0 Å². The molecular formula is C11H11F5. The Morgan fingerprint density at radius 1 is 0.750 bits per heavy atom. The third kappa shape index (κ3) is 2.59. The van der Waals surface area contributed by atoms with Crippen molar-refractivity contribution in [1.29, 1.82) is 0 Å². The van der Waals surface area contributed by atoms with E-state index >= 15 is 0 Å². The quantitative estimate of drug-likeness (QED) is 0.314. The molecule has 0 unspecified atom stereocenters. The lowest BCUT2D eigenvalue weighted by Gasteiger charge is -2.06. The lowest BCUT2D eigenvalue weighted by atomic mass is 10.1. The Hall–Kier alpha value is -1.39. The van der Waals surface area contributed by atoms with Gasteiger partial charge in [-0.15, -0.1) is 13.2 Å². The fraction of sp³-hybridized carbons (Fsp3) is 0.273. The van der Waals surface area contributed by atoms with E-state index in [2.05, 4.69) is 13.2 Å². The zero-order valence-corrected chi connectivity index (χ0v) is 8.72. The first-order valence-electron chi connectivity index (χ1n) is 4.51. The second kappa shape index (κ2) is 6.25. The van der Waals surface area contributed by atoms with E-state index in [9.17, 15) is 22.0 Å². The van der Waals surface area contributed by atoms with Crippen LogP contribution in [0.2, 0.25) is 0 Å². The highest BCUT2D eigenvalue weighted by Crippen LogP contribution is 2.23. The van der Waals surface area contributed by atoms with Gasteiger partial charge in [-0.2, -0.15) is 0 Å². The average Bonchev–Trinajstić information content (AvgIpc) is 2.32. The summed E-state index contributed by atoms with van der Waals surface area (Å²) in [5.41, 5.74) is -0.746. The van der Waals surface area contributed by atoms with E-state index in [1.165, 1.54) is 0 Å². The van der Waals surface area contributed by atoms with Crippen molar-refractivity contribution in [2.75, 3.05) is 0 Å².